The fourth-order valence-corrected chi connectivity index (χ4v) is 5.05. The number of fused-ring (bicyclic) bond motifs is 3. The van der Waals surface area contributed by atoms with E-state index in [2.05, 4.69) is 29.5 Å². The van der Waals surface area contributed by atoms with Gasteiger partial charge in [-0.1, -0.05) is 26.0 Å². The van der Waals surface area contributed by atoms with Crippen molar-refractivity contribution in [2.75, 3.05) is 6.54 Å². The molecule has 0 saturated heterocycles. The number of aliphatic carboxylic acids is 1. The molecule has 3 aromatic rings. The van der Waals surface area contributed by atoms with Gasteiger partial charge in [0.2, 0.25) is 5.91 Å². The highest BCUT2D eigenvalue weighted by molar-refractivity contribution is 5.85. The second-order valence-electron chi connectivity index (χ2n) is 10.6. The normalized spacial score (nSPS) is 15.4. The van der Waals surface area contributed by atoms with Gasteiger partial charge in [0.1, 0.15) is 11.5 Å². The zero-order chi connectivity index (χ0) is 24.7. The SMILES string of the molecule is CC(C)(CCCC(=O)N1Cc2c(c3cccnc3n2Cc2cccc(F)c2)C(C)(C)C1)C(=O)O. The summed E-state index contributed by atoms with van der Waals surface area (Å²) in [5.41, 5.74) is 2.73. The number of carboxylic acid groups (broad SMARTS) is 1. The molecule has 1 aliphatic rings. The van der Waals surface area contributed by atoms with Crippen LogP contribution in [0.25, 0.3) is 11.0 Å². The van der Waals surface area contributed by atoms with Gasteiger partial charge in [-0.25, -0.2) is 9.37 Å². The van der Waals surface area contributed by atoms with Gasteiger partial charge in [0.05, 0.1) is 12.0 Å². The van der Waals surface area contributed by atoms with E-state index in [9.17, 15) is 19.1 Å². The predicted molar refractivity (Wildman–Crippen MR) is 129 cm³/mol. The molecule has 2 aromatic heterocycles. The number of benzene rings is 1. The maximum absolute atomic E-state index is 13.9. The van der Waals surface area contributed by atoms with E-state index in [1.807, 2.05) is 17.0 Å². The zero-order valence-corrected chi connectivity index (χ0v) is 20.3. The van der Waals surface area contributed by atoms with Gasteiger partial charge in [0, 0.05) is 42.2 Å². The molecule has 180 valence electrons. The minimum atomic E-state index is -0.850. The Hall–Kier alpha value is -3.22. The van der Waals surface area contributed by atoms with Gasteiger partial charge in [-0.2, -0.15) is 0 Å². The van der Waals surface area contributed by atoms with Crippen LogP contribution in [0.2, 0.25) is 0 Å². The third-order valence-electron chi connectivity index (χ3n) is 6.88. The van der Waals surface area contributed by atoms with Gasteiger partial charge < -0.3 is 14.6 Å². The Morgan fingerprint density at radius 3 is 2.68 bits per heavy atom. The van der Waals surface area contributed by atoms with Gasteiger partial charge in [0.15, 0.2) is 0 Å². The average molecular weight is 466 g/mol. The van der Waals surface area contributed by atoms with E-state index < -0.39 is 11.4 Å². The molecule has 0 bridgehead atoms. The minimum absolute atomic E-state index is 0.0236. The molecule has 1 aliphatic heterocycles. The fraction of sp³-hybridized carbons (Fsp3) is 0.444. The molecule has 0 spiro atoms. The number of carbonyl (C=O) groups is 2. The number of aromatic nitrogens is 2. The lowest BCUT2D eigenvalue weighted by Gasteiger charge is -2.39. The van der Waals surface area contributed by atoms with E-state index in [-0.39, 0.29) is 17.1 Å². The Balaban J connectivity index is 1.65. The van der Waals surface area contributed by atoms with Gasteiger partial charge in [-0.15, -0.1) is 0 Å². The van der Waals surface area contributed by atoms with Gasteiger partial charge in [-0.3, -0.25) is 9.59 Å². The maximum Gasteiger partial charge on any atom is 0.309 e. The molecular formula is C27H32FN3O3. The monoisotopic (exact) mass is 465 g/mol. The number of amides is 1. The number of hydrogen-bond acceptors (Lipinski definition) is 3. The molecular weight excluding hydrogens is 433 g/mol. The standard InChI is InChI=1S/C27H32FN3O3/c1-26(2,25(33)34)12-6-11-22(32)30-16-21-23(27(3,4)17-30)20-10-7-13-29-24(20)31(21)15-18-8-5-9-19(28)14-18/h5,7-10,13-14H,6,11-12,15-17H2,1-4H3,(H,33,34). The van der Waals surface area contributed by atoms with E-state index in [0.29, 0.717) is 38.9 Å². The highest BCUT2D eigenvalue weighted by Gasteiger charge is 2.38. The van der Waals surface area contributed by atoms with E-state index >= 15 is 0 Å². The largest absolute Gasteiger partial charge is 0.481 e. The molecule has 0 aliphatic carbocycles. The summed E-state index contributed by atoms with van der Waals surface area (Å²) in [6.45, 7) is 9.14. The summed E-state index contributed by atoms with van der Waals surface area (Å²) in [7, 11) is 0. The number of carboxylic acids is 1. The van der Waals surface area contributed by atoms with Crippen molar-refractivity contribution in [2.45, 2.75) is 65.5 Å². The van der Waals surface area contributed by atoms with Crippen molar-refractivity contribution in [3.8, 4) is 0 Å². The van der Waals surface area contributed by atoms with Gasteiger partial charge in [-0.05, 0) is 62.1 Å². The molecule has 0 unspecified atom stereocenters. The fourth-order valence-electron chi connectivity index (χ4n) is 5.05. The summed E-state index contributed by atoms with van der Waals surface area (Å²) >= 11 is 0. The zero-order valence-electron chi connectivity index (χ0n) is 20.3. The summed E-state index contributed by atoms with van der Waals surface area (Å²) in [5, 5.41) is 10.4. The molecule has 1 amide bonds. The van der Waals surface area contributed by atoms with Crippen molar-refractivity contribution in [3.05, 3.63) is 65.2 Å². The van der Waals surface area contributed by atoms with E-state index in [1.165, 1.54) is 17.7 Å². The van der Waals surface area contributed by atoms with Crippen LogP contribution in [0.4, 0.5) is 4.39 Å². The first-order chi connectivity index (χ1) is 16.0. The van der Waals surface area contributed by atoms with Crippen LogP contribution in [-0.2, 0) is 28.1 Å². The minimum Gasteiger partial charge on any atom is -0.481 e. The first-order valence-electron chi connectivity index (χ1n) is 11.7. The van der Waals surface area contributed by atoms with Gasteiger partial charge in [0.25, 0.3) is 0 Å². The van der Waals surface area contributed by atoms with E-state index in [1.54, 1.807) is 26.1 Å². The molecule has 7 heteroatoms. The lowest BCUT2D eigenvalue weighted by molar-refractivity contribution is -0.147. The Bertz CT molecular complexity index is 1250. The van der Waals surface area contributed by atoms with Gasteiger partial charge >= 0.3 is 5.97 Å². The third-order valence-corrected chi connectivity index (χ3v) is 6.88. The van der Waals surface area contributed by atoms with E-state index in [0.717, 1.165) is 22.3 Å². The van der Waals surface area contributed by atoms with Crippen LogP contribution < -0.4 is 0 Å². The van der Waals surface area contributed by atoms with Crippen LogP contribution in [0.3, 0.4) is 0 Å². The second-order valence-corrected chi connectivity index (χ2v) is 10.6. The molecule has 3 heterocycles. The third kappa shape index (κ3) is 4.56. The van der Waals surface area contributed by atoms with Crippen LogP contribution in [-0.4, -0.2) is 38.0 Å². The molecule has 6 nitrogen and oxygen atoms in total. The lowest BCUT2D eigenvalue weighted by Crippen LogP contribution is -2.45. The molecule has 34 heavy (non-hydrogen) atoms. The number of rotatable bonds is 7. The first-order valence-corrected chi connectivity index (χ1v) is 11.7. The van der Waals surface area contributed by atoms with Crippen molar-refractivity contribution in [2.24, 2.45) is 5.41 Å². The number of pyridine rings is 1. The van der Waals surface area contributed by atoms with E-state index in [4.69, 9.17) is 0 Å². The molecule has 0 fully saturated rings. The molecule has 0 saturated carbocycles. The summed E-state index contributed by atoms with van der Waals surface area (Å²) < 4.78 is 16.0. The molecule has 1 N–H and O–H groups in total. The van der Waals surface area contributed by atoms with Crippen molar-refractivity contribution < 1.29 is 19.1 Å². The molecule has 0 radical (unpaired) electrons. The van der Waals surface area contributed by atoms with Crippen LogP contribution >= 0.6 is 0 Å². The summed E-state index contributed by atoms with van der Waals surface area (Å²) in [4.78, 5) is 31.1. The smallest absolute Gasteiger partial charge is 0.309 e. The van der Waals surface area contributed by atoms with Crippen LogP contribution in [0.1, 0.15) is 63.8 Å². The Labute approximate surface area is 199 Å². The topological polar surface area (TPSA) is 75.4 Å². The maximum atomic E-state index is 13.9. The van der Waals surface area contributed by atoms with Crippen LogP contribution in [0, 0.1) is 11.2 Å². The lowest BCUT2D eigenvalue weighted by atomic mass is 9.79. The van der Waals surface area contributed by atoms with Crippen molar-refractivity contribution in [3.63, 3.8) is 0 Å². The molecule has 1 aromatic carbocycles. The quantitative estimate of drug-likeness (QED) is 0.525. The number of nitrogens with zero attached hydrogens (tertiary/aromatic N) is 3. The Morgan fingerprint density at radius 1 is 1.21 bits per heavy atom. The van der Waals surface area contributed by atoms with Crippen LogP contribution in [0.15, 0.2) is 42.6 Å². The molecule has 4 rings (SSSR count). The molecule has 0 atom stereocenters. The Morgan fingerprint density at radius 2 is 1.97 bits per heavy atom. The Kier molecular flexibility index (Phi) is 6.23. The number of halogens is 1. The van der Waals surface area contributed by atoms with Crippen molar-refractivity contribution in [1.29, 1.82) is 0 Å². The highest BCUT2D eigenvalue weighted by atomic mass is 19.1. The number of hydrogen-bond donors (Lipinski definition) is 1. The first kappa shape index (κ1) is 23.9. The van der Waals surface area contributed by atoms with Crippen molar-refractivity contribution in [1.82, 2.24) is 14.5 Å². The summed E-state index contributed by atoms with van der Waals surface area (Å²) in [6.07, 6.45) is 3.04. The summed E-state index contributed by atoms with van der Waals surface area (Å²) in [5.74, 6) is -1.11. The highest BCUT2D eigenvalue weighted by Crippen LogP contribution is 2.40. The predicted octanol–water partition coefficient (Wildman–Crippen LogP) is 5.12. The average Bonchev–Trinajstić information content (AvgIpc) is 3.07. The van der Waals surface area contributed by atoms with Crippen molar-refractivity contribution >= 4 is 22.9 Å². The summed E-state index contributed by atoms with van der Waals surface area (Å²) in [6, 6.07) is 10.5. The number of carbonyl (C=O) groups excluding carboxylic acids is 1. The second kappa shape index (κ2) is 8.85. The van der Waals surface area contributed by atoms with Crippen LogP contribution in [0.5, 0.6) is 0 Å².